The second-order valence-electron chi connectivity index (χ2n) is 9.69. The second kappa shape index (κ2) is 13.9. The summed E-state index contributed by atoms with van der Waals surface area (Å²) in [6, 6.07) is 22.3. The number of sulfonamides is 1. The van der Waals surface area contributed by atoms with E-state index in [1.807, 2.05) is 70.2 Å². The normalized spacial score (nSPS) is 12.0. The first-order valence-corrected chi connectivity index (χ1v) is 14.9. The number of benzene rings is 3. The third kappa shape index (κ3) is 7.69. The van der Waals surface area contributed by atoms with E-state index in [0.29, 0.717) is 18.7 Å². The maximum Gasteiger partial charge on any atom is 0.264 e. The molecule has 3 aromatic carbocycles. The number of carbonyl (C=O) groups excluding carboxylic acids is 2. The molecule has 2 amide bonds. The Labute approximate surface area is 232 Å². The van der Waals surface area contributed by atoms with Crippen LogP contribution in [0.1, 0.15) is 49.8 Å². The van der Waals surface area contributed by atoms with E-state index in [-0.39, 0.29) is 17.3 Å². The number of nitrogens with zero attached hydrogens (tertiary/aromatic N) is 2. The summed E-state index contributed by atoms with van der Waals surface area (Å²) in [6.07, 6.45) is 2.17. The third-order valence-electron chi connectivity index (χ3n) is 6.65. The van der Waals surface area contributed by atoms with Gasteiger partial charge >= 0.3 is 0 Å². The zero-order chi connectivity index (χ0) is 28.4. The Balaban J connectivity index is 2.05. The molecule has 1 atom stereocenters. The van der Waals surface area contributed by atoms with Crippen LogP contribution in [-0.2, 0) is 26.2 Å². The smallest absolute Gasteiger partial charge is 0.264 e. The van der Waals surface area contributed by atoms with Crippen molar-refractivity contribution in [1.82, 2.24) is 10.2 Å². The van der Waals surface area contributed by atoms with Gasteiger partial charge in [-0.25, -0.2) is 8.42 Å². The fraction of sp³-hybridized carbons (Fsp3) is 0.355. The summed E-state index contributed by atoms with van der Waals surface area (Å²) in [4.78, 5) is 28.9. The number of unbranched alkanes of at least 4 members (excludes halogenated alkanes) is 1. The van der Waals surface area contributed by atoms with Gasteiger partial charge in [0.15, 0.2) is 0 Å². The van der Waals surface area contributed by atoms with Crippen molar-refractivity contribution in [1.29, 1.82) is 0 Å². The Hall–Kier alpha value is -3.65. The molecule has 3 aromatic rings. The van der Waals surface area contributed by atoms with E-state index in [0.717, 1.165) is 29.5 Å². The van der Waals surface area contributed by atoms with E-state index in [9.17, 15) is 18.0 Å². The number of rotatable bonds is 13. The molecule has 0 heterocycles. The van der Waals surface area contributed by atoms with Gasteiger partial charge in [0.05, 0.1) is 10.6 Å². The first-order valence-electron chi connectivity index (χ1n) is 13.4. The molecule has 0 aliphatic carbocycles. The van der Waals surface area contributed by atoms with Gasteiger partial charge in [0, 0.05) is 13.1 Å². The van der Waals surface area contributed by atoms with Gasteiger partial charge < -0.3 is 10.2 Å². The number of hydrogen-bond donors (Lipinski definition) is 1. The molecule has 0 saturated heterocycles. The molecule has 0 spiro atoms. The van der Waals surface area contributed by atoms with Gasteiger partial charge in [0.1, 0.15) is 12.6 Å². The minimum atomic E-state index is -4.08. The minimum Gasteiger partial charge on any atom is -0.354 e. The molecule has 0 fully saturated rings. The second-order valence-corrected chi connectivity index (χ2v) is 11.6. The topological polar surface area (TPSA) is 86.8 Å². The number of aryl methyl sites for hydroxylation is 2. The van der Waals surface area contributed by atoms with Crippen molar-refractivity contribution in [2.75, 3.05) is 17.4 Å². The van der Waals surface area contributed by atoms with Crippen molar-refractivity contribution >= 4 is 27.5 Å². The summed E-state index contributed by atoms with van der Waals surface area (Å²) in [7, 11) is -4.08. The molecule has 3 rings (SSSR count). The van der Waals surface area contributed by atoms with Gasteiger partial charge in [-0.15, -0.1) is 0 Å². The molecule has 39 heavy (non-hydrogen) atoms. The van der Waals surface area contributed by atoms with Gasteiger partial charge in [0.25, 0.3) is 10.0 Å². The Kier molecular flexibility index (Phi) is 10.7. The monoisotopic (exact) mass is 549 g/mol. The maximum atomic E-state index is 14.1. The van der Waals surface area contributed by atoms with E-state index < -0.39 is 28.5 Å². The standard InChI is InChI=1S/C31H39N3O4S/c1-5-7-20-32-31(36)28(6-2)33(22-26-14-10-8-11-15-26)30(35)23-34(29-21-24(3)18-19-25(29)4)39(37,38)27-16-12-9-13-17-27/h8-19,21,28H,5-7,20,22-23H2,1-4H3,(H,32,36)/t28-/m0/s1. The molecule has 0 saturated carbocycles. The van der Waals surface area contributed by atoms with Gasteiger partial charge in [-0.2, -0.15) is 0 Å². The van der Waals surface area contributed by atoms with Crippen LogP contribution in [0.5, 0.6) is 0 Å². The maximum absolute atomic E-state index is 14.1. The summed E-state index contributed by atoms with van der Waals surface area (Å²) in [5.74, 6) is -0.684. The van der Waals surface area contributed by atoms with Crippen LogP contribution in [-0.4, -0.2) is 44.3 Å². The summed E-state index contributed by atoms with van der Waals surface area (Å²) < 4.78 is 29.0. The lowest BCUT2D eigenvalue weighted by Crippen LogP contribution is -2.52. The number of carbonyl (C=O) groups is 2. The van der Waals surface area contributed by atoms with Gasteiger partial charge in [-0.1, -0.05) is 80.9 Å². The van der Waals surface area contributed by atoms with Crippen molar-refractivity contribution in [3.63, 3.8) is 0 Å². The SMILES string of the molecule is CCCCNC(=O)[C@H](CC)N(Cc1ccccc1)C(=O)CN(c1cc(C)ccc1C)S(=O)(=O)c1ccccc1. The van der Waals surface area contributed by atoms with E-state index in [1.165, 1.54) is 21.3 Å². The van der Waals surface area contributed by atoms with Crippen LogP contribution < -0.4 is 9.62 Å². The van der Waals surface area contributed by atoms with Crippen LogP contribution in [0.15, 0.2) is 83.8 Å². The predicted octanol–water partition coefficient (Wildman–Crippen LogP) is 5.22. The molecular formula is C31H39N3O4S. The largest absolute Gasteiger partial charge is 0.354 e. The van der Waals surface area contributed by atoms with Crippen molar-refractivity contribution in [2.45, 2.75) is 64.4 Å². The summed E-state index contributed by atoms with van der Waals surface area (Å²) in [5, 5.41) is 2.95. The molecule has 208 valence electrons. The zero-order valence-corrected chi connectivity index (χ0v) is 24.1. The highest BCUT2D eigenvalue weighted by Crippen LogP contribution is 2.28. The Morgan fingerprint density at radius 3 is 2.15 bits per heavy atom. The molecule has 7 nitrogen and oxygen atoms in total. The van der Waals surface area contributed by atoms with Crippen LogP contribution in [0.4, 0.5) is 5.69 Å². The van der Waals surface area contributed by atoms with E-state index >= 15 is 0 Å². The van der Waals surface area contributed by atoms with E-state index in [1.54, 1.807) is 24.3 Å². The molecule has 0 bridgehead atoms. The molecule has 0 unspecified atom stereocenters. The zero-order valence-electron chi connectivity index (χ0n) is 23.3. The summed E-state index contributed by atoms with van der Waals surface area (Å²) in [6.45, 7) is 7.88. The lowest BCUT2D eigenvalue weighted by Gasteiger charge is -2.33. The van der Waals surface area contributed by atoms with Crippen LogP contribution in [0.3, 0.4) is 0 Å². The highest BCUT2D eigenvalue weighted by Gasteiger charge is 2.34. The molecule has 0 aliphatic rings. The number of nitrogens with one attached hydrogen (secondary N) is 1. The Bertz CT molecular complexity index is 1340. The average Bonchev–Trinajstić information content (AvgIpc) is 2.94. The van der Waals surface area contributed by atoms with Gasteiger partial charge in [-0.3, -0.25) is 13.9 Å². The molecule has 8 heteroatoms. The molecule has 1 N–H and O–H groups in total. The highest BCUT2D eigenvalue weighted by molar-refractivity contribution is 7.92. The first-order chi connectivity index (χ1) is 18.7. The molecule has 0 aromatic heterocycles. The highest BCUT2D eigenvalue weighted by atomic mass is 32.2. The van der Waals surface area contributed by atoms with E-state index in [2.05, 4.69) is 5.32 Å². The van der Waals surface area contributed by atoms with Crippen LogP contribution in [0, 0.1) is 13.8 Å². The van der Waals surface area contributed by atoms with Crippen molar-refractivity contribution in [3.05, 3.63) is 95.6 Å². The number of hydrogen-bond acceptors (Lipinski definition) is 4. The number of amides is 2. The van der Waals surface area contributed by atoms with Crippen molar-refractivity contribution in [3.8, 4) is 0 Å². The first kappa shape index (κ1) is 29.9. The summed E-state index contributed by atoms with van der Waals surface area (Å²) in [5.41, 5.74) is 2.90. The van der Waals surface area contributed by atoms with Crippen molar-refractivity contribution in [2.24, 2.45) is 0 Å². The quantitative estimate of drug-likeness (QED) is 0.296. The van der Waals surface area contributed by atoms with Crippen LogP contribution >= 0.6 is 0 Å². The fourth-order valence-electron chi connectivity index (χ4n) is 4.43. The predicted molar refractivity (Wildman–Crippen MR) is 156 cm³/mol. The molecule has 0 aliphatic heterocycles. The Morgan fingerprint density at radius 2 is 1.54 bits per heavy atom. The van der Waals surface area contributed by atoms with Gasteiger partial charge in [-0.05, 0) is 61.6 Å². The Morgan fingerprint density at radius 1 is 0.897 bits per heavy atom. The summed E-state index contributed by atoms with van der Waals surface area (Å²) >= 11 is 0. The van der Waals surface area contributed by atoms with E-state index in [4.69, 9.17) is 0 Å². The fourth-order valence-corrected chi connectivity index (χ4v) is 5.92. The average molecular weight is 550 g/mol. The van der Waals surface area contributed by atoms with Crippen LogP contribution in [0.25, 0.3) is 0 Å². The van der Waals surface area contributed by atoms with Crippen molar-refractivity contribution < 1.29 is 18.0 Å². The van der Waals surface area contributed by atoms with Crippen LogP contribution in [0.2, 0.25) is 0 Å². The third-order valence-corrected chi connectivity index (χ3v) is 8.43. The minimum absolute atomic E-state index is 0.0951. The van der Waals surface area contributed by atoms with Gasteiger partial charge in [0.2, 0.25) is 11.8 Å². The lowest BCUT2D eigenvalue weighted by molar-refractivity contribution is -0.140. The molecule has 0 radical (unpaired) electrons. The lowest BCUT2D eigenvalue weighted by atomic mass is 10.1. The number of anilines is 1. The molecular weight excluding hydrogens is 510 g/mol.